The number of nitrogens with one attached hydrogen (secondary N) is 1. The lowest BCUT2D eigenvalue weighted by Crippen LogP contribution is -2.24. The van der Waals surface area contributed by atoms with E-state index in [0.717, 1.165) is 5.56 Å². The van der Waals surface area contributed by atoms with Crippen molar-refractivity contribution in [3.63, 3.8) is 0 Å². The van der Waals surface area contributed by atoms with Crippen molar-refractivity contribution in [1.82, 2.24) is 20.0 Å². The lowest BCUT2D eigenvalue weighted by molar-refractivity contribution is -0.118. The number of carbonyl (C=O) groups is 1. The molecular weight excluding hydrogens is 410 g/mol. The summed E-state index contributed by atoms with van der Waals surface area (Å²) < 4.78 is 1.54. The summed E-state index contributed by atoms with van der Waals surface area (Å²) in [6.45, 7) is 1.98. The van der Waals surface area contributed by atoms with E-state index in [2.05, 4.69) is 20.5 Å². The summed E-state index contributed by atoms with van der Waals surface area (Å²) in [5.41, 5.74) is 5.31. The number of amides is 1. The van der Waals surface area contributed by atoms with E-state index in [0.29, 0.717) is 27.4 Å². The molecule has 4 aromatic rings. The average Bonchev–Trinajstić information content (AvgIpc) is 2.79. The number of nitrogens with zero attached hydrogens (tertiary/aromatic N) is 4. The number of hydrogen-bond acceptors (Lipinski definition) is 6. The molecule has 0 radical (unpaired) electrons. The summed E-state index contributed by atoms with van der Waals surface area (Å²) in [7, 11) is 0. The van der Waals surface area contributed by atoms with Gasteiger partial charge in [-0.15, -0.1) is 0 Å². The maximum Gasteiger partial charge on any atom is 0.266 e. The summed E-state index contributed by atoms with van der Waals surface area (Å²) >= 11 is 1.18. The Balaban J connectivity index is 1.58. The second-order valence-electron chi connectivity index (χ2n) is 6.72. The van der Waals surface area contributed by atoms with Crippen LogP contribution >= 0.6 is 11.8 Å². The molecule has 2 aromatic heterocycles. The highest BCUT2D eigenvalue weighted by atomic mass is 32.2. The molecule has 0 fully saturated rings. The minimum atomic E-state index is -0.310. The number of pyridine rings is 1. The predicted molar refractivity (Wildman–Crippen MR) is 123 cm³/mol. The standard InChI is InChI=1S/C23H19N5O2S/c1-16-9-11-18(12-10-16)28-22(30)19-7-2-3-8-20(19)26-23(28)31-15-21(29)27-25-14-17-6-4-5-13-24-17/h2-14H,15H2,1H3,(H,27,29). The first kappa shape index (κ1) is 20.5. The summed E-state index contributed by atoms with van der Waals surface area (Å²) in [5, 5.41) is 4.89. The molecule has 0 aliphatic heterocycles. The van der Waals surface area contributed by atoms with Gasteiger partial charge in [0.15, 0.2) is 5.16 Å². The Bertz CT molecular complexity index is 1300. The van der Waals surface area contributed by atoms with Crippen LogP contribution < -0.4 is 11.0 Å². The molecule has 0 unspecified atom stereocenters. The third-order valence-corrected chi connectivity index (χ3v) is 5.38. The molecule has 0 spiro atoms. The van der Waals surface area contributed by atoms with Crippen LogP contribution in [0.2, 0.25) is 0 Å². The van der Waals surface area contributed by atoms with E-state index in [-0.39, 0.29) is 17.2 Å². The van der Waals surface area contributed by atoms with Crippen LogP contribution in [0, 0.1) is 6.92 Å². The lowest BCUT2D eigenvalue weighted by Gasteiger charge is -2.13. The zero-order valence-electron chi connectivity index (χ0n) is 16.7. The van der Waals surface area contributed by atoms with Crippen molar-refractivity contribution < 1.29 is 4.79 Å². The highest BCUT2D eigenvalue weighted by Crippen LogP contribution is 2.21. The first-order valence-electron chi connectivity index (χ1n) is 9.56. The molecular formula is C23H19N5O2S. The predicted octanol–water partition coefficient (Wildman–Crippen LogP) is 3.33. The fourth-order valence-electron chi connectivity index (χ4n) is 2.92. The molecule has 4 rings (SSSR count). The number of rotatable bonds is 6. The summed E-state index contributed by atoms with van der Waals surface area (Å²) in [6, 6.07) is 20.2. The second kappa shape index (κ2) is 9.36. The maximum atomic E-state index is 13.2. The Hall–Kier alpha value is -3.78. The van der Waals surface area contributed by atoms with Crippen LogP contribution in [0.15, 0.2) is 88.0 Å². The molecule has 1 amide bonds. The molecule has 154 valence electrons. The molecule has 2 heterocycles. The number of aromatic nitrogens is 3. The highest BCUT2D eigenvalue weighted by molar-refractivity contribution is 7.99. The quantitative estimate of drug-likeness (QED) is 0.220. The van der Waals surface area contributed by atoms with Gasteiger partial charge in [0.2, 0.25) is 0 Å². The van der Waals surface area contributed by atoms with Gasteiger partial charge in [-0.1, -0.05) is 47.7 Å². The first-order chi connectivity index (χ1) is 15.1. The molecule has 0 saturated heterocycles. The minimum Gasteiger partial charge on any atom is -0.272 e. The van der Waals surface area contributed by atoms with Crippen molar-refractivity contribution in [3.8, 4) is 5.69 Å². The molecule has 31 heavy (non-hydrogen) atoms. The van der Waals surface area contributed by atoms with Crippen LogP contribution in [-0.2, 0) is 4.79 Å². The second-order valence-corrected chi connectivity index (χ2v) is 7.67. The van der Waals surface area contributed by atoms with Crippen LogP contribution in [0.5, 0.6) is 0 Å². The Morgan fingerprint density at radius 3 is 2.65 bits per heavy atom. The Morgan fingerprint density at radius 1 is 1.10 bits per heavy atom. The van der Waals surface area contributed by atoms with Gasteiger partial charge in [-0.25, -0.2) is 10.4 Å². The SMILES string of the molecule is Cc1ccc(-n2c(SCC(=O)NN=Cc3ccccn3)nc3ccccc3c2=O)cc1. The highest BCUT2D eigenvalue weighted by Gasteiger charge is 2.14. The fourth-order valence-corrected chi connectivity index (χ4v) is 3.72. The zero-order valence-corrected chi connectivity index (χ0v) is 17.5. The van der Waals surface area contributed by atoms with E-state index in [9.17, 15) is 9.59 Å². The monoisotopic (exact) mass is 429 g/mol. The number of para-hydroxylation sites is 1. The van der Waals surface area contributed by atoms with Crippen molar-refractivity contribution in [2.24, 2.45) is 5.10 Å². The van der Waals surface area contributed by atoms with E-state index in [1.165, 1.54) is 22.5 Å². The minimum absolute atomic E-state index is 0.0518. The summed E-state index contributed by atoms with van der Waals surface area (Å²) in [4.78, 5) is 34.2. The lowest BCUT2D eigenvalue weighted by atomic mass is 10.2. The number of aryl methyl sites for hydroxylation is 1. The Morgan fingerprint density at radius 2 is 1.87 bits per heavy atom. The van der Waals surface area contributed by atoms with E-state index in [4.69, 9.17) is 0 Å². The number of thioether (sulfide) groups is 1. The third kappa shape index (κ3) is 4.87. The van der Waals surface area contributed by atoms with E-state index in [1.54, 1.807) is 30.5 Å². The van der Waals surface area contributed by atoms with Crippen molar-refractivity contribution in [2.75, 3.05) is 5.75 Å². The van der Waals surface area contributed by atoms with Gasteiger partial charge in [0.25, 0.3) is 11.5 Å². The molecule has 0 saturated carbocycles. The van der Waals surface area contributed by atoms with Crippen LogP contribution in [-0.4, -0.2) is 32.4 Å². The maximum absolute atomic E-state index is 13.2. The largest absolute Gasteiger partial charge is 0.272 e. The van der Waals surface area contributed by atoms with Gasteiger partial charge in [0.1, 0.15) is 0 Å². The van der Waals surface area contributed by atoms with Crippen LogP contribution in [0.25, 0.3) is 16.6 Å². The molecule has 2 aromatic carbocycles. The number of fused-ring (bicyclic) bond motifs is 1. The van der Waals surface area contributed by atoms with Gasteiger partial charge in [-0.3, -0.25) is 19.1 Å². The summed E-state index contributed by atoms with van der Waals surface area (Å²) in [6.07, 6.45) is 3.12. The Kier molecular flexibility index (Phi) is 6.18. The van der Waals surface area contributed by atoms with Gasteiger partial charge < -0.3 is 0 Å². The normalized spacial score (nSPS) is 11.1. The molecule has 0 aliphatic rings. The fraction of sp³-hybridized carbons (Fsp3) is 0.0870. The van der Waals surface area contributed by atoms with Gasteiger partial charge in [0.05, 0.1) is 34.3 Å². The Labute approximate surface area is 182 Å². The number of carbonyl (C=O) groups excluding carboxylic acids is 1. The van der Waals surface area contributed by atoms with Crippen molar-refractivity contribution in [2.45, 2.75) is 12.1 Å². The molecule has 1 N–H and O–H groups in total. The topological polar surface area (TPSA) is 89.2 Å². The van der Waals surface area contributed by atoms with Crippen LogP contribution in [0.3, 0.4) is 0 Å². The van der Waals surface area contributed by atoms with Gasteiger partial charge in [-0.2, -0.15) is 5.10 Å². The van der Waals surface area contributed by atoms with E-state index < -0.39 is 0 Å². The van der Waals surface area contributed by atoms with E-state index in [1.807, 2.05) is 49.4 Å². The van der Waals surface area contributed by atoms with Crippen molar-refractivity contribution >= 4 is 34.8 Å². The molecule has 0 bridgehead atoms. The number of benzene rings is 2. The first-order valence-corrected chi connectivity index (χ1v) is 10.5. The van der Waals surface area contributed by atoms with Crippen molar-refractivity contribution in [3.05, 3.63) is 94.5 Å². The van der Waals surface area contributed by atoms with Gasteiger partial charge >= 0.3 is 0 Å². The zero-order chi connectivity index (χ0) is 21.6. The summed E-state index contributed by atoms with van der Waals surface area (Å²) in [5.74, 6) is -0.258. The smallest absolute Gasteiger partial charge is 0.266 e. The van der Waals surface area contributed by atoms with Crippen molar-refractivity contribution in [1.29, 1.82) is 0 Å². The van der Waals surface area contributed by atoms with Crippen LogP contribution in [0.1, 0.15) is 11.3 Å². The van der Waals surface area contributed by atoms with Crippen LogP contribution in [0.4, 0.5) is 0 Å². The average molecular weight is 430 g/mol. The number of hydrazone groups is 1. The molecule has 0 atom stereocenters. The number of hydrogen-bond donors (Lipinski definition) is 1. The third-order valence-electron chi connectivity index (χ3n) is 4.44. The molecule has 0 aliphatic carbocycles. The van der Waals surface area contributed by atoms with Gasteiger partial charge in [0, 0.05) is 6.20 Å². The molecule has 7 nitrogen and oxygen atoms in total. The van der Waals surface area contributed by atoms with Gasteiger partial charge in [-0.05, 0) is 43.3 Å². The molecule has 8 heteroatoms. The van der Waals surface area contributed by atoms with E-state index >= 15 is 0 Å².